The summed E-state index contributed by atoms with van der Waals surface area (Å²) in [4.78, 5) is 0. The Morgan fingerprint density at radius 2 is 1.40 bits per heavy atom. The summed E-state index contributed by atoms with van der Waals surface area (Å²) < 4.78 is 13.4. The Kier molecular flexibility index (Phi) is 6.04. The van der Waals surface area contributed by atoms with Crippen molar-refractivity contribution in [1.82, 2.24) is 0 Å². The van der Waals surface area contributed by atoms with Gasteiger partial charge in [-0.15, -0.1) is 0 Å². The molecule has 9 unspecified atom stereocenters. The van der Waals surface area contributed by atoms with Crippen LogP contribution < -0.4 is 0 Å². The van der Waals surface area contributed by atoms with Crippen LogP contribution in [-0.4, -0.2) is 28.8 Å². The van der Waals surface area contributed by atoms with Crippen molar-refractivity contribution in [3.63, 3.8) is 0 Å². The molecule has 4 aliphatic carbocycles. The van der Waals surface area contributed by atoms with E-state index in [0.717, 1.165) is 29.6 Å². The van der Waals surface area contributed by atoms with Crippen LogP contribution in [0.2, 0.25) is 39.3 Å². The molecule has 4 heteroatoms. The van der Waals surface area contributed by atoms with E-state index in [-0.39, 0.29) is 0 Å². The Balaban J connectivity index is 1.53. The van der Waals surface area contributed by atoms with Gasteiger partial charge in [0.15, 0.2) is 16.6 Å². The SMILES string of the molecule is CC1CC(O[Si](C)(C)C)CC2CCC3C4CCC(O[Si](C)(C)C)C4(C)CCC3C12C. The van der Waals surface area contributed by atoms with Gasteiger partial charge < -0.3 is 8.85 Å². The number of fused-ring (bicyclic) bond motifs is 5. The number of hydrogen-bond donors (Lipinski definition) is 0. The molecule has 0 heterocycles. The van der Waals surface area contributed by atoms with Crippen molar-refractivity contribution in [1.29, 1.82) is 0 Å². The molecule has 0 aliphatic heterocycles. The molecule has 0 amide bonds. The van der Waals surface area contributed by atoms with Crippen molar-refractivity contribution < 1.29 is 8.85 Å². The van der Waals surface area contributed by atoms with E-state index in [9.17, 15) is 0 Å². The van der Waals surface area contributed by atoms with Crippen LogP contribution in [-0.2, 0) is 8.85 Å². The van der Waals surface area contributed by atoms with Gasteiger partial charge >= 0.3 is 0 Å². The van der Waals surface area contributed by atoms with Gasteiger partial charge in [-0.25, -0.2) is 0 Å². The van der Waals surface area contributed by atoms with E-state index < -0.39 is 16.6 Å². The van der Waals surface area contributed by atoms with Gasteiger partial charge in [-0.2, -0.15) is 0 Å². The van der Waals surface area contributed by atoms with Gasteiger partial charge in [0, 0.05) is 6.10 Å². The molecule has 0 bridgehead atoms. The zero-order valence-electron chi connectivity index (χ0n) is 21.5. The van der Waals surface area contributed by atoms with Gasteiger partial charge in [0.1, 0.15) is 0 Å². The summed E-state index contributed by atoms with van der Waals surface area (Å²) in [5, 5.41) is 0. The molecular weight excluding hydrogens is 400 g/mol. The molecule has 4 rings (SSSR count). The van der Waals surface area contributed by atoms with Crippen LogP contribution in [0.25, 0.3) is 0 Å². The van der Waals surface area contributed by atoms with Crippen molar-refractivity contribution in [3.05, 3.63) is 0 Å². The average molecular weight is 451 g/mol. The first-order chi connectivity index (χ1) is 13.7. The maximum Gasteiger partial charge on any atom is 0.184 e. The summed E-state index contributed by atoms with van der Waals surface area (Å²) in [6.45, 7) is 22.1. The minimum Gasteiger partial charge on any atom is -0.415 e. The van der Waals surface area contributed by atoms with Gasteiger partial charge in [-0.05, 0) is 131 Å². The first-order valence-electron chi connectivity index (χ1n) is 13.1. The predicted molar refractivity (Wildman–Crippen MR) is 133 cm³/mol. The van der Waals surface area contributed by atoms with Crippen molar-refractivity contribution in [2.45, 2.75) is 124 Å². The van der Waals surface area contributed by atoms with Crippen LogP contribution in [0.5, 0.6) is 0 Å². The third kappa shape index (κ3) is 4.05. The third-order valence-electron chi connectivity index (χ3n) is 10.1. The molecule has 0 N–H and O–H groups in total. The van der Waals surface area contributed by atoms with E-state index in [1.54, 1.807) is 0 Å². The Morgan fingerprint density at radius 3 is 2.03 bits per heavy atom. The van der Waals surface area contributed by atoms with Crippen molar-refractivity contribution in [2.24, 2.45) is 40.4 Å². The molecule has 9 atom stereocenters. The topological polar surface area (TPSA) is 18.5 Å². The normalized spacial score (nSPS) is 49.3. The van der Waals surface area contributed by atoms with E-state index in [0.29, 0.717) is 23.0 Å². The number of hydrogen-bond acceptors (Lipinski definition) is 2. The molecular formula is C26H50O2Si2. The summed E-state index contributed by atoms with van der Waals surface area (Å²) in [5.41, 5.74) is 0.966. The van der Waals surface area contributed by atoms with Crippen LogP contribution in [0.1, 0.15) is 72.1 Å². The summed E-state index contributed by atoms with van der Waals surface area (Å²) >= 11 is 0. The highest BCUT2D eigenvalue weighted by atomic mass is 28.4. The summed E-state index contributed by atoms with van der Waals surface area (Å²) in [6.07, 6.45) is 12.2. The lowest BCUT2D eigenvalue weighted by Gasteiger charge is -2.63. The van der Waals surface area contributed by atoms with Gasteiger partial charge in [0.05, 0.1) is 6.10 Å². The van der Waals surface area contributed by atoms with Gasteiger partial charge in [0.25, 0.3) is 0 Å². The van der Waals surface area contributed by atoms with E-state index in [2.05, 4.69) is 60.1 Å². The molecule has 0 aromatic carbocycles. The molecule has 0 spiro atoms. The molecule has 4 saturated carbocycles. The fourth-order valence-electron chi connectivity index (χ4n) is 8.84. The molecule has 174 valence electrons. The second-order valence-corrected chi connectivity index (χ2v) is 23.0. The molecule has 0 aromatic heterocycles. The molecule has 30 heavy (non-hydrogen) atoms. The maximum absolute atomic E-state index is 6.79. The standard InChI is InChI=1S/C26H50O2Si2/c1-18-16-20(27-29(4,5)6)17-19-10-11-21-22-12-13-24(28-30(7,8)9)25(22,2)15-14-23(21)26(18,19)3/h18-24H,10-17H2,1-9H3. The second kappa shape index (κ2) is 7.70. The van der Waals surface area contributed by atoms with E-state index in [1.165, 1.54) is 51.4 Å². The lowest BCUT2D eigenvalue weighted by Crippen LogP contribution is -2.58. The highest BCUT2D eigenvalue weighted by molar-refractivity contribution is 6.70. The Hall–Kier alpha value is 0.354. The number of rotatable bonds is 4. The maximum atomic E-state index is 6.79. The van der Waals surface area contributed by atoms with Crippen LogP contribution in [0, 0.1) is 40.4 Å². The second-order valence-electron chi connectivity index (χ2n) is 14.1. The minimum atomic E-state index is -1.48. The Morgan fingerprint density at radius 1 is 0.733 bits per heavy atom. The van der Waals surface area contributed by atoms with E-state index in [1.807, 2.05) is 0 Å². The van der Waals surface area contributed by atoms with E-state index >= 15 is 0 Å². The zero-order chi connectivity index (χ0) is 22.1. The molecule has 0 radical (unpaired) electrons. The van der Waals surface area contributed by atoms with Crippen LogP contribution in [0.15, 0.2) is 0 Å². The summed E-state index contributed by atoms with van der Waals surface area (Å²) in [7, 11) is -2.94. The lowest BCUT2D eigenvalue weighted by molar-refractivity contribution is -0.153. The first kappa shape index (κ1) is 23.5. The molecule has 2 nitrogen and oxygen atoms in total. The van der Waals surface area contributed by atoms with Crippen molar-refractivity contribution in [2.75, 3.05) is 0 Å². The monoisotopic (exact) mass is 450 g/mol. The van der Waals surface area contributed by atoms with Crippen LogP contribution >= 0.6 is 0 Å². The third-order valence-corrected chi connectivity index (χ3v) is 12.2. The largest absolute Gasteiger partial charge is 0.415 e. The van der Waals surface area contributed by atoms with E-state index in [4.69, 9.17) is 8.85 Å². The Bertz CT molecular complexity index is 638. The molecule has 0 aromatic rings. The van der Waals surface area contributed by atoms with Crippen molar-refractivity contribution in [3.8, 4) is 0 Å². The van der Waals surface area contributed by atoms with Gasteiger partial charge in [-0.1, -0.05) is 20.8 Å². The summed E-state index contributed by atoms with van der Waals surface area (Å²) in [6, 6.07) is 0. The lowest BCUT2D eigenvalue weighted by atomic mass is 9.43. The van der Waals surface area contributed by atoms with Crippen LogP contribution in [0.3, 0.4) is 0 Å². The first-order valence-corrected chi connectivity index (χ1v) is 19.9. The quantitative estimate of drug-likeness (QED) is 0.408. The van der Waals surface area contributed by atoms with Crippen LogP contribution in [0.4, 0.5) is 0 Å². The fourth-order valence-corrected chi connectivity index (χ4v) is 11.3. The minimum absolute atomic E-state index is 0.437. The highest BCUT2D eigenvalue weighted by Crippen LogP contribution is 2.68. The van der Waals surface area contributed by atoms with Gasteiger partial charge in [0.2, 0.25) is 0 Å². The Labute approximate surface area is 189 Å². The molecule has 0 saturated heterocycles. The van der Waals surface area contributed by atoms with Gasteiger partial charge in [-0.3, -0.25) is 0 Å². The highest BCUT2D eigenvalue weighted by Gasteiger charge is 2.62. The fraction of sp³-hybridized carbons (Fsp3) is 1.00. The average Bonchev–Trinajstić information content (AvgIpc) is 2.90. The van der Waals surface area contributed by atoms with Crippen molar-refractivity contribution >= 4 is 16.6 Å². The molecule has 4 fully saturated rings. The smallest absolute Gasteiger partial charge is 0.184 e. The predicted octanol–water partition coefficient (Wildman–Crippen LogP) is 7.72. The summed E-state index contributed by atoms with van der Waals surface area (Å²) in [5.74, 6) is 4.45. The molecule has 4 aliphatic rings. The zero-order valence-corrected chi connectivity index (χ0v) is 23.5.